The summed E-state index contributed by atoms with van der Waals surface area (Å²) in [6.45, 7) is 1.99. The van der Waals surface area contributed by atoms with Gasteiger partial charge in [-0.05, 0) is 72.9 Å². The Kier molecular flexibility index (Phi) is 4.93. The summed E-state index contributed by atoms with van der Waals surface area (Å²) in [6.07, 6.45) is 5.48. The monoisotopic (exact) mass is 516 g/mol. The van der Waals surface area contributed by atoms with Crippen LogP contribution in [0.4, 0.5) is 11.4 Å². The molecule has 0 N–H and O–H groups in total. The zero-order valence-corrected chi connectivity index (χ0v) is 20.9. The van der Waals surface area contributed by atoms with Crippen molar-refractivity contribution in [2.24, 2.45) is 41.4 Å². The molecule has 0 spiro atoms. The third-order valence-electron chi connectivity index (χ3n) is 8.89. The van der Waals surface area contributed by atoms with E-state index in [1.807, 2.05) is 0 Å². The molecule has 0 unspecified atom stereocenters. The zero-order chi connectivity index (χ0) is 25.6. The molecule has 8 heteroatoms. The summed E-state index contributed by atoms with van der Waals surface area (Å²) >= 11 is 6.24. The van der Waals surface area contributed by atoms with E-state index in [9.17, 15) is 19.2 Å². The van der Waals surface area contributed by atoms with E-state index in [2.05, 4.69) is 12.2 Å². The van der Waals surface area contributed by atoms with Crippen LogP contribution in [0.25, 0.3) is 0 Å². The van der Waals surface area contributed by atoms with E-state index in [0.717, 1.165) is 6.42 Å². The number of amides is 3. The molecular formula is C29H25ClN2O5. The first-order chi connectivity index (χ1) is 17.8. The number of hydrogen-bond donors (Lipinski definition) is 0. The van der Waals surface area contributed by atoms with E-state index >= 15 is 0 Å². The van der Waals surface area contributed by atoms with Crippen molar-refractivity contribution in [2.45, 2.75) is 19.8 Å². The standard InChI is InChI=1S/C29H25ClN2O5/c1-14-10-16(37-29(36)15-11-24(33)31(13-15)23-5-3-2-4-21(23)30)6-9-22(14)32-27(34)25-17-7-8-18(20-12-19(17)20)26(25)28(32)35/h2-10,15,17-20,25-26H,11-13H2,1H3/t15-,17+,18+,19+,20+,25-,26-/m1/s1. The largest absolute Gasteiger partial charge is 0.426 e. The van der Waals surface area contributed by atoms with Crippen LogP contribution in [0.15, 0.2) is 54.6 Å². The lowest BCUT2D eigenvalue weighted by molar-refractivity contribution is -0.139. The molecule has 2 bridgehead atoms. The number of carbonyl (C=O) groups excluding carboxylic acids is 4. The highest BCUT2D eigenvalue weighted by Crippen LogP contribution is 2.65. The minimum atomic E-state index is -0.622. The van der Waals surface area contributed by atoms with Gasteiger partial charge < -0.3 is 9.64 Å². The van der Waals surface area contributed by atoms with Crippen LogP contribution in [0.3, 0.4) is 0 Å². The molecule has 2 heterocycles. The normalized spacial score (nSPS) is 33.1. The van der Waals surface area contributed by atoms with E-state index in [4.69, 9.17) is 16.3 Å². The van der Waals surface area contributed by atoms with Crippen LogP contribution in [-0.4, -0.2) is 30.2 Å². The number of para-hydroxylation sites is 1. The summed E-state index contributed by atoms with van der Waals surface area (Å²) in [4.78, 5) is 55.2. The molecule has 2 saturated carbocycles. The van der Waals surface area contributed by atoms with Crippen LogP contribution < -0.4 is 14.5 Å². The van der Waals surface area contributed by atoms with E-state index in [0.29, 0.717) is 39.5 Å². The van der Waals surface area contributed by atoms with Crippen molar-refractivity contribution >= 4 is 46.7 Å². The second-order valence-electron chi connectivity index (χ2n) is 10.9. The lowest BCUT2D eigenvalue weighted by Crippen LogP contribution is -2.40. The number of rotatable bonds is 4. The molecule has 2 saturated heterocycles. The number of halogens is 1. The molecule has 7 nitrogen and oxygen atoms in total. The second kappa shape index (κ2) is 8.02. The quantitative estimate of drug-likeness (QED) is 0.264. The topological polar surface area (TPSA) is 84.0 Å². The van der Waals surface area contributed by atoms with Crippen LogP contribution in [0.5, 0.6) is 5.75 Å². The average Bonchev–Trinajstić information content (AvgIpc) is 3.56. The van der Waals surface area contributed by atoms with Crippen LogP contribution in [0.2, 0.25) is 5.02 Å². The summed E-state index contributed by atoms with van der Waals surface area (Å²) in [5.41, 5.74) is 1.79. The maximum atomic E-state index is 13.4. The highest BCUT2D eigenvalue weighted by atomic mass is 35.5. The van der Waals surface area contributed by atoms with Gasteiger partial charge in [0, 0.05) is 13.0 Å². The van der Waals surface area contributed by atoms with Gasteiger partial charge >= 0.3 is 5.97 Å². The van der Waals surface area contributed by atoms with Crippen LogP contribution in [0, 0.1) is 48.3 Å². The second-order valence-corrected chi connectivity index (χ2v) is 11.3. The Labute approximate surface area is 219 Å². The summed E-state index contributed by atoms with van der Waals surface area (Å²) in [5.74, 6) is -0.312. The fourth-order valence-corrected chi connectivity index (χ4v) is 7.34. The Morgan fingerprint density at radius 3 is 2.27 bits per heavy atom. The summed E-state index contributed by atoms with van der Waals surface area (Å²) < 4.78 is 5.62. The molecule has 188 valence electrons. The van der Waals surface area contributed by atoms with Gasteiger partial charge in [0.1, 0.15) is 5.75 Å². The number of allylic oxidation sites excluding steroid dienone is 2. The number of imide groups is 1. The highest BCUT2D eigenvalue weighted by Gasteiger charge is 2.67. The Bertz CT molecular complexity index is 1380. The lowest BCUT2D eigenvalue weighted by Gasteiger charge is -2.37. The number of carbonyl (C=O) groups is 4. The maximum Gasteiger partial charge on any atom is 0.316 e. The van der Waals surface area contributed by atoms with Gasteiger partial charge in [0.05, 0.1) is 34.2 Å². The van der Waals surface area contributed by atoms with E-state index < -0.39 is 11.9 Å². The molecule has 4 fully saturated rings. The van der Waals surface area contributed by atoms with Gasteiger partial charge in [-0.15, -0.1) is 0 Å². The van der Waals surface area contributed by atoms with Gasteiger partial charge in [0.25, 0.3) is 0 Å². The van der Waals surface area contributed by atoms with Crippen molar-refractivity contribution in [3.05, 3.63) is 65.2 Å². The third-order valence-corrected chi connectivity index (χ3v) is 9.21. The number of ether oxygens (including phenoxy) is 1. The van der Waals surface area contributed by atoms with Gasteiger partial charge in [0.15, 0.2) is 0 Å². The van der Waals surface area contributed by atoms with Crippen LogP contribution in [0.1, 0.15) is 18.4 Å². The van der Waals surface area contributed by atoms with Gasteiger partial charge in [-0.1, -0.05) is 35.9 Å². The van der Waals surface area contributed by atoms with Crippen molar-refractivity contribution in [3.8, 4) is 5.75 Å². The van der Waals surface area contributed by atoms with Crippen molar-refractivity contribution in [1.29, 1.82) is 0 Å². The first-order valence-corrected chi connectivity index (χ1v) is 13.1. The molecule has 2 aliphatic heterocycles. The molecule has 2 aromatic carbocycles. The van der Waals surface area contributed by atoms with Gasteiger partial charge in [-0.25, -0.2) is 4.90 Å². The molecule has 7 atom stereocenters. The Morgan fingerprint density at radius 1 is 0.946 bits per heavy atom. The molecule has 0 radical (unpaired) electrons. The van der Waals surface area contributed by atoms with Crippen molar-refractivity contribution < 1.29 is 23.9 Å². The van der Waals surface area contributed by atoms with Gasteiger partial charge in [-0.2, -0.15) is 0 Å². The van der Waals surface area contributed by atoms with Crippen molar-refractivity contribution in [2.75, 3.05) is 16.3 Å². The number of aryl methyl sites for hydroxylation is 1. The summed E-state index contributed by atoms with van der Waals surface area (Å²) in [6, 6.07) is 12.0. The van der Waals surface area contributed by atoms with E-state index in [1.54, 1.807) is 49.4 Å². The number of esters is 1. The van der Waals surface area contributed by atoms with E-state index in [1.165, 1.54) is 9.80 Å². The summed E-state index contributed by atoms with van der Waals surface area (Å²) in [5, 5.41) is 0.447. The first-order valence-electron chi connectivity index (χ1n) is 12.8. The van der Waals surface area contributed by atoms with Gasteiger partial charge in [-0.3, -0.25) is 19.2 Å². The molecule has 0 aromatic heterocycles. The molecule has 8 rings (SSSR count). The van der Waals surface area contributed by atoms with E-state index in [-0.39, 0.29) is 54.4 Å². The van der Waals surface area contributed by atoms with Crippen molar-refractivity contribution in [3.63, 3.8) is 0 Å². The number of benzene rings is 2. The fourth-order valence-electron chi connectivity index (χ4n) is 7.11. The van der Waals surface area contributed by atoms with Crippen molar-refractivity contribution in [1.82, 2.24) is 0 Å². The Hall–Kier alpha value is -3.45. The lowest BCUT2D eigenvalue weighted by atomic mass is 9.63. The molecular weight excluding hydrogens is 492 g/mol. The highest BCUT2D eigenvalue weighted by molar-refractivity contribution is 6.34. The minimum absolute atomic E-state index is 0.0407. The first kappa shape index (κ1) is 22.7. The fraction of sp³-hybridized carbons (Fsp3) is 0.379. The predicted octanol–water partition coefficient (Wildman–Crippen LogP) is 4.16. The Balaban J connectivity index is 1.07. The molecule has 2 aromatic rings. The molecule has 37 heavy (non-hydrogen) atoms. The molecule has 6 aliphatic rings. The molecule has 3 amide bonds. The summed E-state index contributed by atoms with van der Waals surface area (Å²) in [7, 11) is 0. The number of hydrogen-bond acceptors (Lipinski definition) is 5. The van der Waals surface area contributed by atoms with Crippen LogP contribution in [-0.2, 0) is 19.2 Å². The SMILES string of the molecule is Cc1cc(OC(=O)[C@@H]2CC(=O)N(c3ccccc3Cl)C2)ccc1N1C(=O)[C@@H]2[C@H]3C=C[C@@H]([C@@H]4C[C@@H]34)[C@H]2C1=O. The predicted molar refractivity (Wildman–Crippen MR) is 136 cm³/mol. The average molecular weight is 517 g/mol. The number of anilines is 2. The third kappa shape index (κ3) is 3.33. The van der Waals surface area contributed by atoms with Gasteiger partial charge in [0.2, 0.25) is 17.7 Å². The molecule has 4 aliphatic carbocycles. The minimum Gasteiger partial charge on any atom is -0.426 e. The maximum absolute atomic E-state index is 13.4. The zero-order valence-electron chi connectivity index (χ0n) is 20.2. The smallest absolute Gasteiger partial charge is 0.316 e. The van der Waals surface area contributed by atoms with Crippen LogP contribution >= 0.6 is 11.6 Å². The number of nitrogens with zero attached hydrogens (tertiary/aromatic N) is 2. The Morgan fingerprint density at radius 2 is 1.62 bits per heavy atom.